The maximum atomic E-state index is 13.4. The molecule has 1 aromatic carbocycles. The minimum absolute atomic E-state index is 0. The molecule has 0 spiro atoms. The van der Waals surface area contributed by atoms with Crippen molar-refractivity contribution in [1.82, 2.24) is 5.32 Å². The minimum Gasteiger partial charge on any atom is -0.392 e. The first-order valence-electron chi connectivity index (χ1n) is 6.17. The van der Waals surface area contributed by atoms with E-state index < -0.39 is 11.9 Å². The Morgan fingerprint density at radius 1 is 1.45 bits per heavy atom. The second kappa shape index (κ2) is 7.57. The van der Waals surface area contributed by atoms with Crippen molar-refractivity contribution in [2.45, 2.75) is 40.0 Å². The van der Waals surface area contributed by atoms with Crippen molar-refractivity contribution in [3.8, 4) is 0 Å². The van der Waals surface area contributed by atoms with Gasteiger partial charge in [-0.2, -0.15) is 0 Å². The van der Waals surface area contributed by atoms with E-state index in [1.807, 2.05) is 20.8 Å². The Hall–Kier alpha value is -1.17. The third kappa shape index (κ3) is 5.07. The maximum Gasteiger partial charge on any atom is 0.237 e. The normalized spacial score (nSPS) is 12.5. The molecule has 0 saturated heterocycles. The molecule has 0 radical (unpaired) electrons. The summed E-state index contributed by atoms with van der Waals surface area (Å²) >= 11 is 0. The van der Waals surface area contributed by atoms with Gasteiger partial charge in [-0.05, 0) is 17.0 Å². The molecule has 0 unspecified atom stereocenters. The zero-order valence-corrected chi connectivity index (χ0v) is 12.8. The predicted molar refractivity (Wildman–Crippen MR) is 78.8 cm³/mol. The smallest absolute Gasteiger partial charge is 0.237 e. The van der Waals surface area contributed by atoms with Crippen LogP contribution < -0.4 is 11.1 Å². The number of rotatable bonds is 4. The van der Waals surface area contributed by atoms with Gasteiger partial charge >= 0.3 is 0 Å². The van der Waals surface area contributed by atoms with Crippen molar-refractivity contribution < 1.29 is 14.3 Å². The Bertz CT molecular complexity index is 461. The van der Waals surface area contributed by atoms with Crippen LogP contribution in [0.25, 0.3) is 0 Å². The number of amides is 1. The van der Waals surface area contributed by atoms with Crippen LogP contribution in [-0.4, -0.2) is 17.1 Å². The molecular formula is C14H22ClFN2O2. The fraction of sp³-hybridized carbons (Fsp3) is 0.500. The molecule has 0 aromatic heterocycles. The Morgan fingerprint density at radius 3 is 2.50 bits per heavy atom. The summed E-state index contributed by atoms with van der Waals surface area (Å²) in [6.07, 6.45) is 0. The topological polar surface area (TPSA) is 75.4 Å². The van der Waals surface area contributed by atoms with Gasteiger partial charge in [0.25, 0.3) is 0 Å². The van der Waals surface area contributed by atoms with Crippen LogP contribution in [0.5, 0.6) is 0 Å². The molecule has 0 fully saturated rings. The van der Waals surface area contributed by atoms with Crippen molar-refractivity contribution in [2.24, 2.45) is 11.1 Å². The Balaban J connectivity index is 0.00000361. The highest BCUT2D eigenvalue weighted by molar-refractivity contribution is 5.85. The molecule has 0 aliphatic carbocycles. The molecule has 0 aliphatic heterocycles. The van der Waals surface area contributed by atoms with Crippen molar-refractivity contribution in [3.05, 3.63) is 35.1 Å². The Morgan fingerprint density at radius 2 is 2.05 bits per heavy atom. The van der Waals surface area contributed by atoms with E-state index in [2.05, 4.69) is 5.32 Å². The van der Waals surface area contributed by atoms with Crippen LogP contribution >= 0.6 is 12.4 Å². The van der Waals surface area contributed by atoms with Crippen molar-refractivity contribution in [1.29, 1.82) is 0 Å². The maximum absolute atomic E-state index is 13.4. The SMILES string of the molecule is CC(C)(C)[C@H](N)C(=O)NCc1ccc(CO)c(F)c1.Cl. The molecule has 6 heteroatoms. The molecular weight excluding hydrogens is 283 g/mol. The number of carbonyl (C=O) groups is 1. The number of aliphatic hydroxyl groups excluding tert-OH is 1. The first kappa shape index (κ1) is 18.8. The van der Waals surface area contributed by atoms with Crippen LogP contribution in [0.15, 0.2) is 18.2 Å². The van der Waals surface area contributed by atoms with E-state index in [1.54, 1.807) is 6.07 Å². The van der Waals surface area contributed by atoms with E-state index in [1.165, 1.54) is 12.1 Å². The van der Waals surface area contributed by atoms with Crippen LogP contribution in [0.4, 0.5) is 4.39 Å². The van der Waals surface area contributed by atoms with Crippen LogP contribution in [0.3, 0.4) is 0 Å². The molecule has 4 N–H and O–H groups in total. The molecule has 1 amide bonds. The van der Waals surface area contributed by atoms with Gasteiger partial charge < -0.3 is 16.2 Å². The van der Waals surface area contributed by atoms with Gasteiger partial charge in [0.15, 0.2) is 0 Å². The van der Waals surface area contributed by atoms with Gasteiger partial charge in [0.1, 0.15) is 5.82 Å². The lowest BCUT2D eigenvalue weighted by molar-refractivity contribution is -0.124. The number of halogens is 2. The van der Waals surface area contributed by atoms with Gasteiger partial charge in [0.2, 0.25) is 5.91 Å². The fourth-order valence-electron chi connectivity index (χ4n) is 1.52. The molecule has 0 saturated carbocycles. The number of aliphatic hydroxyl groups is 1. The van der Waals surface area contributed by atoms with Gasteiger partial charge in [-0.25, -0.2) is 4.39 Å². The van der Waals surface area contributed by atoms with Crippen molar-refractivity contribution in [3.63, 3.8) is 0 Å². The Labute approximate surface area is 125 Å². The lowest BCUT2D eigenvalue weighted by atomic mass is 9.87. The quantitative estimate of drug-likeness (QED) is 0.793. The molecule has 1 atom stereocenters. The highest BCUT2D eigenvalue weighted by Crippen LogP contribution is 2.17. The third-order valence-corrected chi connectivity index (χ3v) is 2.97. The van der Waals surface area contributed by atoms with E-state index in [-0.39, 0.29) is 42.4 Å². The minimum atomic E-state index is -0.617. The zero-order valence-electron chi connectivity index (χ0n) is 11.9. The lowest BCUT2D eigenvalue weighted by Crippen LogP contribution is -2.48. The zero-order chi connectivity index (χ0) is 14.6. The first-order chi connectivity index (χ1) is 8.75. The van der Waals surface area contributed by atoms with Gasteiger partial charge in [-0.1, -0.05) is 32.9 Å². The number of hydrogen-bond acceptors (Lipinski definition) is 3. The van der Waals surface area contributed by atoms with E-state index in [9.17, 15) is 9.18 Å². The molecule has 1 aromatic rings. The predicted octanol–water partition coefficient (Wildman–Crippen LogP) is 1.73. The van der Waals surface area contributed by atoms with Gasteiger partial charge in [0.05, 0.1) is 12.6 Å². The van der Waals surface area contributed by atoms with Gasteiger partial charge in [-0.3, -0.25) is 4.79 Å². The number of benzene rings is 1. The molecule has 0 heterocycles. The average Bonchev–Trinajstić information content (AvgIpc) is 2.34. The van der Waals surface area contributed by atoms with Crippen LogP contribution in [0, 0.1) is 11.2 Å². The number of nitrogens with two attached hydrogens (primary N) is 1. The van der Waals surface area contributed by atoms with Crippen molar-refractivity contribution in [2.75, 3.05) is 0 Å². The summed E-state index contributed by atoms with van der Waals surface area (Å²) in [5.74, 6) is -0.742. The molecule has 20 heavy (non-hydrogen) atoms. The molecule has 1 rings (SSSR count). The van der Waals surface area contributed by atoms with E-state index >= 15 is 0 Å². The highest BCUT2D eigenvalue weighted by Gasteiger charge is 2.27. The highest BCUT2D eigenvalue weighted by atomic mass is 35.5. The van der Waals surface area contributed by atoms with E-state index in [0.29, 0.717) is 5.56 Å². The summed E-state index contributed by atoms with van der Waals surface area (Å²) in [4.78, 5) is 11.8. The second-order valence-electron chi connectivity index (χ2n) is 5.65. The molecule has 0 bridgehead atoms. The standard InChI is InChI=1S/C14H21FN2O2.ClH/c1-14(2,3)12(16)13(19)17-7-9-4-5-10(8-18)11(15)6-9;/h4-6,12,18H,7-8,16H2,1-3H3,(H,17,19);1H/t12-;/m1./s1. The van der Waals surface area contributed by atoms with Crippen molar-refractivity contribution >= 4 is 18.3 Å². The fourth-order valence-corrected chi connectivity index (χ4v) is 1.52. The molecule has 114 valence electrons. The monoisotopic (exact) mass is 304 g/mol. The van der Waals surface area contributed by atoms with Gasteiger partial charge in [0, 0.05) is 12.1 Å². The third-order valence-electron chi connectivity index (χ3n) is 2.97. The summed E-state index contributed by atoms with van der Waals surface area (Å²) < 4.78 is 13.4. The largest absolute Gasteiger partial charge is 0.392 e. The number of carbonyl (C=O) groups excluding carboxylic acids is 1. The second-order valence-corrected chi connectivity index (χ2v) is 5.65. The summed E-state index contributed by atoms with van der Waals surface area (Å²) in [6.45, 7) is 5.52. The summed E-state index contributed by atoms with van der Waals surface area (Å²) in [5, 5.41) is 11.5. The van der Waals surface area contributed by atoms with E-state index in [0.717, 1.165) is 0 Å². The van der Waals surface area contributed by atoms with Gasteiger partial charge in [-0.15, -0.1) is 12.4 Å². The van der Waals surface area contributed by atoms with Crippen LogP contribution in [0.1, 0.15) is 31.9 Å². The summed E-state index contributed by atoms with van der Waals surface area (Å²) in [6, 6.07) is 3.85. The van der Waals surface area contributed by atoms with E-state index in [4.69, 9.17) is 10.8 Å². The first-order valence-corrected chi connectivity index (χ1v) is 6.17. The summed E-state index contributed by atoms with van der Waals surface area (Å²) in [5.41, 5.74) is 6.36. The summed E-state index contributed by atoms with van der Waals surface area (Å²) in [7, 11) is 0. The molecule has 0 aliphatic rings. The number of nitrogens with one attached hydrogen (secondary N) is 1. The Kier molecular flexibility index (Phi) is 7.13. The lowest BCUT2D eigenvalue weighted by Gasteiger charge is -2.25. The number of hydrogen-bond donors (Lipinski definition) is 3. The molecule has 4 nitrogen and oxygen atoms in total. The average molecular weight is 305 g/mol. The van der Waals surface area contributed by atoms with Crippen LogP contribution in [0.2, 0.25) is 0 Å². The van der Waals surface area contributed by atoms with Crippen LogP contribution in [-0.2, 0) is 17.9 Å².